The van der Waals surface area contributed by atoms with Gasteiger partial charge in [-0.05, 0) is 32.7 Å². The average Bonchev–Trinajstić information content (AvgIpc) is 2.33. The second-order valence-corrected chi connectivity index (χ2v) is 4.12. The highest BCUT2D eigenvalue weighted by Crippen LogP contribution is 2.15. The number of ether oxygens (including phenoxy) is 3. The SMILES string of the molecule is CCNC(C(C)CCOC)C(OCC)OCC. The third-order valence-corrected chi connectivity index (χ3v) is 2.79. The van der Waals surface area contributed by atoms with Gasteiger partial charge in [-0.2, -0.15) is 0 Å². The molecule has 0 saturated carbocycles. The van der Waals surface area contributed by atoms with E-state index in [1.807, 2.05) is 13.8 Å². The van der Waals surface area contributed by atoms with E-state index in [1.165, 1.54) is 0 Å². The molecule has 0 aliphatic rings. The summed E-state index contributed by atoms with van der Waals surface area (Å²) in [5, 5.41) is 3.46. The first-order valence-electron chi connectivity index (χ1n) is 6.66. The smallest absolute Gasteiger partial charge is 0.172 e. The quantitative estimate of drug-likeness (QED) is 0.567. The van der Waals surface area contributed by atoms with Gasteiger partial charge in [0.15, 0.2) is 6.29 Å². The molecular weight excluding hydrogens is 218 g/mol. The predicted molar refractivity (Wildman–Crippen MR) is 70.2 cm³/mol. The summed E-state index contributed by atoms with van der Waals surface area (Å²) in [6.45, 7) is 11.3. The van der Waals surface area contributed by atoms with Crippen LogP contribution in [-0.4, -0.2) is 45.8 Å². The lowest BCUT2D eigenvalue weighted by molar-refractivity contribution is -0.162. The Morgan fingerprint density at radius 2 is 1.65 bits per heavy atom. The third-order valence-electron chi connectivity index (χ3n) is 2.79. The maximum absolute atomic E-state index is 5.67. The minimum atomic E-state index is -0.170. The van der Waals surface area contributed by atoms with Gasteiger partial charge in [0.25, 0.3) is 0 Å². The largest absolute Gasteiger partial charge is 0.385 e. The third kappa shape index (κ3) is 6.99. The fraction of sp³-hybridized carbons (Fsp3) is 1.00. The molecule has 0 aliphatic heterocycles. The molecule has 0 aromatic carbocycles. The van der Waals surface area contributed by atoms with E-state index in [1.54, 1.807) is 7.11 Å². The Bertz CT molecular complexity index is 161. The fourth-order valence-electron chi connectivity index (χ4n) is 1.87. The molecule has 0 heterocycles. The fourth-order valence-corrected chi connectivity index (χ4v) is 1.87. The molecule has 0 radical (unpaired) electrons. The molecule has 2 atom stereocenters. The van der Waals surface area contributed by atoms with Crippen molar-refractivity contribution in [2.75, 3.05) is 33.5 Å². The van der Waals surface area contributed by atoms with Crippen molar-refractivity contribution in [1.82, 2.24) is 5.32 Å². The summed E-state index contributed by atoms with van der Waals surface area (Å²) in [5.41, 5.74) is 0. The Morgan fingerprint density at radius 3 is 2.06 bits per heavy atom. The molecule has 0 amide bonds. The standard InChI is InChI=1S/C13H29NO3/c1-6-14-12(11(4)9-10-15-5)13(16-7-2)17-8-3/h11-14H,6-10H2,1-5H3. The maximum atomic E-state index is 5.67. The molecule has 0 fully saturated rings. The van der Waals surface area contributed by atoms with E-state index in [0.29, 0.717) is 19.1 Å². The summed E-state index contributed by atoms with van der Waals surface area (Å²) in [7, 11) is 1.73. The van der Waals surface area contributed by atoms with Crippen LogP contribution in [0.15, 0.2) is 0 Å². The first-order chi connectivity index (χ1) is 8.21. The number of hydrogen-bond donors (Lipinski definition) is 1. The van der Waals surface area contributed by atoms with Crippen LogP contribution in [0.4, 0.5) is 0 Å². The summed E-state index contributed by atoms with van der Waals surface area (Å²) in [5.74, 6) is 0.456. The van der Waals surface area contributed by atoms with Gasteiger partial charge in [-0.3, -0.25) is 0 Å². The number of likely N-dealkylation sites (N-methyl/N-ethyl adjacent to an activating group) is 1. The zero-order valence-corrected chi connectivity index (χ0v) is 12.0. The molecule has 0 rings (SSSR count). The maximum Gasteiger partial charge on any atom is 0.172 e. The Balaban J connectivity index is 4.40. The molecule has 0 saturated heterocycles. The number of rotatable bonds is 11. The van der Waals surface area contributed by atoms with Gasteiger partial charge < -0.3 is 19.5 Å². The normalized spacial score (nSPS) is 15.2. The van der Waals surface area contributed by atoms with Crippen LogP contribution in [-0.2, 0) is 14.2 Å². The number of nitrogens with one attached hydrogen (secondary N) is 1. The van der Waals surface area contributed by atoms with E-state index in [4.69, 9.17) is 14.2 Å². The van der Waals surface area contributed by atoms with Gasteiger partial charge in [-0.1, -0.05) is 13.8 Å². The number of methoxy groups -OCH3 is 1. The Labute approximate surface area is 106 Å². The Hall–Kier alpha value is -0.160. The molecule has 1 N–H and O–H groups in total. The first kappa shape index (κ1) is 16.8. The lowest BCUT2D eigenvalue weighted by atomic mass is 9.98. The predicted octanol–water partition coefficient (Wildman–Crippen LogP) is 2.04. The molecule has 4 nitrogen and oxygen atoms in total. The molecule has 2 unspecified atom stereocenters. The Kier molecular flexibility index (Phi) is 10.9. The van der Waals surface area contributed by atoms with E-state index in [0.717, 1.165) is 19.6 Å². The zero-order valence-electron chi connectivity index (χ0n) is 12.0. The minimum Gasteiger partial charge on any atom is -0.385 e. The molecular formula is C13H29NO3. The highest BCUT2D eigenvalue weighted by Gasteiger charge is 2.26. The van der Waals surface area contributed by atoms with E-state index >= 15 is 0 Å². The lowest BCUT2D eigenvalue weighted by Gasteiger charge is -2.31. The van der Waals surface area contributed by atoms with Crippen LogP contribution in [0.25, 0.3) is 0 Å². The van der Waals surface area contributed by atoms with Crippen molar-refractivity contribution in [3.63, 3.8) is 0 Å². The molecule has 0 bridgehead atoms. The molecule has 0 aromatic rings. The topological polar surface area (TPSA) is 39.7 Å². The van der Waals surface area contributed by atoms with Crippen LogP contribution >= 0.6 is 0 Å². The van der Waals surface area contributed by atoms with Crippen LogP contribution < -0.4 is 5.32 Å². The van der Waals surface area contributed by atoms with Crippen LogP contribution in [0.1, 0.15) is 34.1 Å². The second-order valence-electron chi connectivity index (χ2n) is 4.12. The van der Waals surface area contributed by atoms with Crippen molar-refractivity contribution in [2.45, 2.75) is 46.4 Å². The van der Waals surface area contributed by atoms with Crippen molar-refractivity contribution in [3.8, 4) is 0 Å². The number of hydrogen-bond acceptors (Lipinski definition) is 4. The summed E-state index contributed by atoms with van der Waals surface area (Å²) in [6, 6.07) is 0.218. The molecule has 0 aliphatic carbocycles. The van der Waals surface area contributed by atoms with Gasteiger partial charge in [0.05, 0.1) is 6.04 Å². The van der Waals surface area contributed by atoms with Crippen molar-refractivity contribution >= 4 is 0 Å². The van der Waals surface area contributed by atoms with Gasteiger partial charge in [-0.15, -0.1) is 0 Å². The van der Waals surface area contributed by atoms with E-state index in [2.05, 4.69) is 19.2 Å². The van der Waals surface area contributed by atoms with Crippen molar-refractivity contribution in [2.24, 2.45) is 5.92 Å². The zero-order chi connectivity index (χ0) is 13.1. The summed E-state index contributed by atoms with van der Waals surface area (Å²) in [4.78, 5) is 0. The molecule has 0 spiro atoms. The highest BCUT2D eigenvalue weighted by molar-refractivity contribution is 4.76. The minimum absolute atomic E-state index is 0.170. The second kappa shape index (κ2) is 11.0. The van der Waals surface area contributed by atoms with E-state index < -0.39 is 0 Å². The first-order valence-corrected chi connectivity index (χ1v) is 6.66. The van der Waals surface area contributed by atoms with Gasteiger partial charge in [0, 0.05) is 26.9 Å². The van der Waals surface area contributed by atoms with Crippen molar-refractivity contribution in [1.29, 1.82) is 0 Å². The van der Waals surface area contributed by atoms with Crippen LogP contribution in [0.5, 0.6) is 0 Å². The van der Waals surface area contributed by atoms with Gasteiger partial charge in [0.1, 0.15) is 0 Å². The monoisotopic (exact) mass is 247 g/mol. The van der Waals surface area contributed by atoms with Crippen LogP contribution in [0, 0.1) is 5.92 Å². The van der Waals surface area contributed by atoms with Crippen LogP contribution in [0.3, 0.4) is 0 Å². The average molecular weight is 247 g/mol. The molecule has 17 heavy (non-hydrogen) atoms. The van der Waals surface area contributed by atoms with Gasteiger partial charge in [-0.25, -0.2) is 0 Å². The van der Waals surface area contributed by atoms with Crippen molar-refractivity contribution < 1.29 is 14.2 Å². The summed E-state index contributed by atoms with van der Waals surface area (Å²) < 4.78 is 16.5. The summed E-state index contributed by atoms with van der Waals surface area (Å²) in [6.07, 6.45) is 0.835. The molecule has 4 heteroatoms. The highest BCUT2D eigenvalue weighted by atomic mass is 16.7. The Morgan fingerprint density at radius 1 is 1.06 bits per heavy atom. The van der Waals surface area contributed by atoms with Gasteiger partial charge >= 0.3 is 0 Å². The summed E-state index contributed by atoms with van der Waals surface area (Å²) >= 11 is 0. The lowest BCUT2D eigenvalue weighted by Crippen LogP contribution is -2.47. The van der Waals surface area contributed by atoms with Gasteiger partial charge in [0.2, 0.25) is 0 Å². The van der Waals surface area contributed by atoms with E-state index in [9.17, 15) is 0 Å². The van der Waals surface area contributed by atoms with Crippen molar-refractivity contribution in [3.05, 3.63) is 0 Å². The van der Waals surface area contributed by atoms with E-state index in [-0.39, 0.29) is 12.3 Å². The molecule has 104 valence electrons. The van der Waals surface area contributed by atoms with Crippen LogP contribution in [0.2, 0.25) is 0 Å². The molecule has 0 aromatic heterocycles.